The van der Waals surface area contributed by atoms with Gasteiger partial charge in [-0.25, -0.2) is 0 Å². The van der Waals surface area contributed by atoms with E-state index in [0.717, 1.165) is 44.7 Å². The summed E-state index contributed by atoms with van der Waals surface area (Å²) in [5.74, 6) is -0.0770. The highest BCUT2D eigenvalue weighted by atomic mass is 16.2. The van der Waals surface area contributed by atoms with Gasteiger partial charge >= 0.3 is 0 Å². The Morgan fingerprint density at radius 3 is 2.00 bits per heavy atom. The zero-order valence-electron chi connectivity index (χ0n) is 17.2. The van der Waals surface area contributed by atoms with Crippen molar-refractivity contribution >= 4 is 11.7 Å². The lowest BCUT2D eigenvalue weighted by Gasteiger charge is -2.34. The topological polar surface area (TPSA) is 52.7 Å². The van der Waals surface area contributed by atoms with Crippen LogP contribution in [0.3, 0.4) is 0 Å². The van der Waals surface area contributed by atoms with Gasteiger partial charge in [-0.1, -0.05) is 60.7 Å². The van der Waals surface area contributed by atoms with Crippen molar-refractivity contribution in [1.29, 1.82) is 0 Å². The fourth-order valence-electron chi connectivity index (χ4n) is 3.69. The predicted octanol–water partition coefficient (Wildman–Crippen LogP) is 2.16. The number of hydrogen-bond acceptors (Lipinski definition) is 4. The maximum atomic E-state index is 12.5. The summed E-state index contributed by atoms with van der Waals surface area (Å²) in [6.45, 7) is 6.65. The number of ketones is 1. The molecule has 0 radical (unpaired) electrons. The average Bonchev–Trinajstić information content (AvgIpc) is 2.74. The van der Waals surface area contributed by atoms with Gasteiger partial charge in [0.1, 0.15) is 0 Å². The monoisotopic (exact) mass is 393 g/mol. The fourth-order valence-corrected chi connectivity index (χ4v) is 3.69. The molecule has 1 N–H and O–H groups in total. The standard InChI is InChI=1S/C24H31N3O2/c1-20(28)23(18-22-10-6-3-7-11-22)25-24(29)19-27-16-14-26(15-17-27)13-12-21-8-4-2-5-9-21/h2-11,23H,12-19H2,1H3,(H,25,29). The Hall–Kier alpha value is -2.50. The van der Waals surface area contributed by atoms with E-state index in [1.165, 1.54) is 5.56 Å². The van der Waals surface area contributed by atoms with Crippen LogP contribution in [0.1, 0.15) is 18.1 Å². The van der Waals surface area contributed by atoms with Gasteiger partial charge in [0.05, 0.1) is 12.6 Å². The molecule has 0 spiro atoms. The number of carbonyl (C=O) groups is 2. The largest absolute Gasteiger partial charge is 0.345 e. The van der Waals surface area contributed by atoms with Gasteiger partial charge < -0.3 is 10.2 Å². The third-order valence-electron chi connectivity index (χ3n) is 5.50. The molecule has 5 heteroatoms. The highest BCUT2D eigenvalue weighted by molar-refractivity contribution is 5.88. The van der Waals surface area contributed by atoms with Crippen LogP contribution in [0.2, 0.25) is 0 Å². The Balaban J connectivity index is 1.39. The maximum Gasteiger partial charge on any atom is 0.234 e. The SMILES string of the molecule is CC(=O)C(Cc1ccccc1)NC(=O)CN1CCN(CCc2ccccc2)CC1. The van der Waals surface area contributed by atoms with E-state index in [4.69, 9.17) is 0 Å². The quantitative estimate of drug-likeness (QED) is 0.709. The van der Waals surface area contributed by atoms with E-state index in [9.17, 15) is 9.59 Å². The first-order valence-electron chi connectivity index (χ1n) is 10.4. The molecule has 1 atom stereocenters. The molecule has 1 aliphatic rings. The molecule has 1 heterocycles. The van der Waals surface area contributed by atoms with Crippen LogP contribution < -0.4 is 5.32 Å². The van der Waals surface area contributed by atoms with Crippen molar-refractivity contribution in [3.05, 3.63) is 71.8 Å². The van der Waals surface area contributed by atoms with Crippen molar-refractivity contribution in [2.75, 3.05) is 39.3 Å². The molecule has 1 unspecified atom stereocenters. The minimum absolute atomic E-state index is 0.00654. The molecule has 0 aromatic heterocycles. The first-order chi connectivity index (χ1) is 14.1. The van der Waals surface area contributed by atoms with Gasteiger partial charge in [-0.2, -0.15) is 0 Å². The van der Waals surface area contributed by atoms with E-state index in [1.807, 2.05) is 36.4 Å². The van der Waals surface area contributed by atoms with E-state index >= 15 is 0 Å². The Morgan fingerprint density at radius 2 is 1.41 bits per heavy atom. The van der Waals surface area contributed by atoms with Crippen LogP contribution in [0.4, 0.5) is 0 Å². The van der Waals surface area contributed by atoms with Crippen LogP contribution >= 0.6 is 0 Å². The molecule has 0 saturated carbocycles. The fraction of sp³-hybridized carbons (Fsp3) is 0.417. The van der Waals surface area contributed by atoms with Gasteiger partial charge in [0.15, 0.2) is 5.78 Å². The smallest absolute Gasteiger partial charge is 0.234 e. The van der Waals surface area contributed by atoms with Gasteiger partial charge in [-0.05, 0) is 30.9 Å². The van der Waals surface area contributed by atoms with Crippen molar-refractivity contribution in [2.24, 2.45) is 0 Å². The number of rotatable bonds is 9. The van der Waals surface area contributed by atoms with Crippen LogP contribution in [0.5, 0.6) is 0 Å². The molecule has 154 valence electrons. The lowest BCUT2D eigenvalue weighted by Crippen LogP contribution is -2.51. The van der Waals surface area contributed by atoms with Crippen LogP contribution in [-0.4, -0.2) is 66.8 Å². The summed E-state index contributed by atoms with van der Waals surface area (Å²) in [5.41, 5.74) is 2.42. The van der Waals surface area contributed by atoms with Crippen LogP contribution in [0, 0.1) is 0 Å². The Kier molecular flexibility index (Phi) is 7.96. The first kappa shape index (κ1) is 21.2. The number of hydrogen-bond donors (Lipinski definition) is 1. The molecular weight excluding hydrogens is 362 g/mol. The summed E-state index contributed by atoms with van der Waals surface area (Å²) in [4.78, 5) is 29.1. The molecule has 1 amide bonds. The molecule has 1 aliphatic heterocycles. The summed E-state index contributed by atoms with van der Waals surface area (Å²) >= 11 is 0. The van der Waals surface area contributed by atoms with Gasteiger partial charge in [0.25, 0.3) is 0 Å². The lowest BCUT2D eigenvalue weighted by molar-refractivity contribution is -0.127. The molecule has 0 aliphatic carbocycles. The van der Waals surface area contributed by atoms with E-state index < -0.39 is 6.04 Å². The lowest BCUT2D eigenvalue weighted by atomic mass is 10.0. The van der Waals surface area contributed by atoms with Crippen LogP contribution in [-0.2, 0) is 22.4 Å². The zero-order chi connectivity index (χ0) is 20.5. The molecule has 2 aromatic carbocycles. The Bertz CT molecular complexity index is 771. The van der Waals surface area contributed by atoms with Gasteiger partial charge in [-0.3, -0.25) is 14.5 Å². The maximum absolute atomic E-state index is 12.5. The van der Waals surface area contributed by atoms with Crippen molar-refractivity contribution in [1.82, 2.24) is 15.1 Å². The third-order valence-corrected chi connectivity index (χ3v) is 5.50. The summed E-state index contributed by atoms with van der Waals surface area (Å²) in [7, 11) is 0. The number of amides is 1. The summed E-state index contributed by atoms with van der Waals surface area (Å²) in [6.07, 6.45) is 1.59. The second-order valence-corrected chi connectivity index (χ2v) is 7.77. The van der Waals surface area contributed by atoms with E-state index in [1.54, 1.807) is 6.92 Å². The number of nitrogens with one attached hydrogen (secondary N) is 1. The second-order valence-electron chi connectivity index (χ2n) is 7.77. The van der Waals surface area contributed by atoms with Crippen molar-refractivity contribution in [2.45, 2.75) is 25.8 Å². The zero-order valence-corrected chi connectivity index (χ0v) is 17.2. The average molecular weight is 394 g/mol. The van der Waals surface area contributed by atoms with Gasteiger partial charge in [-0.15, -0.1) is 0 Å². The molecule has 2 aromatic rings. The predicted molar refractivity (Wildman–Crippen MR) is 116 cm³/mol. The number of piperazine rings is 1. The van der Waals surface area contributed by atoms with E-state index in [2.05, 4.69) is 39.4 Å². The highest BCUT2D eigenvalue weighted by Crippen LogP contribution is 2.07. The molecule has 1 saturated heterocycles. The van der Waals surface area contributed by atoms with Crippen molar-refractivity contribution in [3.63, 3.8) is 0 Å². The third kappa shape index (κ3) is 7.11. The number of carbonyl (C=O) groups excluding carboxylic acids is 2. The molecule has 3 rings (SSSR count). The van der Waals surface area contributed by atoms with Gasteiger partial charge in [0.2, 0.25) is 5.91 Å². The Labute approximate surface area is 173 Å². The normalized spacial score (nSPS) is 16.3. The van der Waals surface area contributed by atoms with Gasteiger partial charge in [0, 0.05) is 32.7 Å². The molecule has 29 heavy (non-hydrogen) atoms. The van der Waals surface area contributed by atoms with Crippen molar-refractivity contribution < 1.29 is 9.59 Å². The molecule has 1 fully saturated rings. The summed E-state index contributed by atoms with van der Waals surface area (Å²) in [6, 6.07) is 19.9. The second kappa shape index (κ2) is 10.9. The first-order valence-corrected chi connectivity index (χ1v) is 10.4. The minimum Gasteiger partial charge on any atom is -0.345 e. The summed E-state index contributed by atoms with van der Waals surface area (Å²) in [5, 5.41) is 2.93. The molecule has 5 nitrogen and oxygen atoms in total. The van der Waals surface area contributed by atoms with Crippen LogP contribution in [0.15, 0.2) is 60.7 Å². The molecular formula is C24H31N3O2. The van der Waals surface area contributed by atoms with E-state index in [0.29, 0.717) is 13.0 Å². The number of Topliss-reactive ketones (excluding diaryl/α,β-unsaturated/α-hetero) is 1. The summed E-state index contributed by atoms with van der Waals surface area (Å²) < 4.78 is 0. The number of nitrogens with zero attached hydrogens (tertiary/aromatic N) is 2. The number of benzene rings is 2. The van der Waals surface area contributed by atoms with Crippen LogP contribution in [0.25, 0.3) is 0 Å². The van der Waals surface area contributed by atoms with E-state index in [-0.39, 0.29) is 11.7 Å². The molecule has 0 bridgehead atoms. The van der Waals surface area contributed by atoms with Crippen molar-refractivity contribution in [3.8, 4) is 0 Å². The highest BCUT2D eigenvalue weighted by Gasteiger charge is 2.22. The Morgan fingerprint density at radius 1 is 0.862 bits per heavy atom. The minimum atomic E-state index is -0.461.